The van der Waals surface area contributed by atoms with Gasteiger partial charge in [-0.15, -0.1) is 0 Å². The van der Waals surface area contributed by atoms with Crippen molar-refractivity contribution in [2.24, 2.45) is 7.05 Å². The van der Waals surface area contributed by atoms with E-state index in [2.05, 4.69) is 9.82 Å². The molecule has 0 bridgehead atoms. The highest BCUT2D eigenvalue weighted by molar-refractivity contribution is 7.92. The van der Waals surface area contributed by atoms with Crippen LogP contribution in [0.1, 0.15) is 23.2 Å². The van der Waals surface area contributed by atoms with E-state index < -0.39 is 10.0 Å². The molecule has 1 aliphatic rings. The quantitative estimate of drug-likeness (QED) is 0.941. The predicted octanol–water partition coefficient (Wildman–Crippen LogP) is 2.02. The summed E-state index contributed by atoms with van der Waals surface area (Å²) in [6, 6.07) is 5.77. The lowest BCUT2D eigenvalue weighted by atomic mass is 10.1. The highest BCUT2D eigenvalue weighted by Crippen LogP contribution is 2.26. The van der Waals surface area contributed by atoms with Crippen LogP contribution in [0.5, 0.6) is 0 Å². The summed E-state index contributed by atoms with van der Waals surface area (Å²) < 4.78 is 28.9. The molecular weight excluding hydrogens is 274 g/mol. The summed E-state index contributed by atoms with van der Waals surface area (Å²) in [6.07, 6.45) is 4.78. The summed E-state index contributed by atoms with van der Waals surface area (Å²) in [5, 5.41) is 4.07. The van der Waals surface area contributed by atoms with Gasteiger partial charge in [-0.05, 0) is 49.4 Å². The second kappa shape index (κ2) is 4.63. The summed E-state index contributed by atoms with van der Waals surface area (Å²) in [4.78, 5) is 0.223. The Morgan fingerprint density at radius 2 is 2.00 bits per heavy atom. The van der Waals surface area contributed by atoms with Gasteiger partial charge in [0.25, 0.3) is 10.0 Å². The monoisotopic (exact) mass is 291 g/mol. The predicted molar refractivity (Wildman–Crippen MR) is 77.2 cm³/mol. The zero-order valence-corrected chi connectivity index (χ0v) is 12.4. The lowest BCUT2D eigenvalue weighted by Crippen LogP contribution is -2.13. The third-order valence-electron chi connectivity index (χ3n) is 3.61. The second-order valence-electron chi connectivity index (χ2n) is 5.19. The first-order chi connectivity index (χ1) is 9.45. The van der Waals surface area contributed by atoms with E-state index in [1.165, 1.54) is 22.0 Å². The average molecular weight is 291 g/mol. The first-order valence-corrected chi connectivity index (χ1v) is 8.09. The van der Waals surface area contributed by atoms with Crippen LogP contribution in [0, 0.1) is 6.92 Å². The van der Waals surface area contributed by atoms with Crippen LogP contribution in [0.3, 0.4) is 0 Å². The lowest BCUT2D eigenvalue weighted by Gasteiger charge is -2.08. The molecule has 1 aromatic heterocycles. The Kier molecular flexibility index (Phi) is 3.05. The third kappa shape index (κ3) is 2.31. The highest BCUT2D eigenvalue weighted by Gasteiger charge is 2.20. The van der Waals surface area contributed by atoms with E-state index in [1.54, 1.807) is 14.0 Å². The Labute approximate surface area is 118 Å². The number of aryl methyl sites for hydroxylation is 4. The largest absolute Gasteiger partial charge is 0.280 e. The Morgan fingerprint density at radius 3 is 2.70 bits per heavy atom. The number of sulfonamides is 1. The Morgan fingerprint density at radius 1 is 1.25 bits per heavy atom. The van der Waals surface area contributed by atoms with Crippen molar-refractivity contribution in [2.45, 2.75) is 31.1 Å². The van der Waals surface area contributed by atoms with Gasteiger partial charge in [-0.1, -0.05) is 6.07 Å². The molecule has 5 nitrogen and oxygen atoms in total. The second-order valence-corrected chi connectivity index (χ2v) is 6.85. The smallest absolute Gasteiger partial charge is 0.265 e. The molecule has 0 saturated heterocycles. The van der Waals surface area contributed by atoms with E-state index >= 15 is 0 Å². The maximum Gasteiger partial charge on any atom is 0.265 e. The molecule has 0 fully saturated rings. The number of nitrogens with one attached hydrogen (secondary N) is 1. The van der Waals surface area contributed by atoms with Crippen LogP contribution in [-0.2, 0) is 29.9 Å². The molecule has 0 aliphatic heterocycles. The van der Waals surface area contributed by atoms with Crippen molar-refractivity contribution in [1.82, 2.24) is 9.78 Å². The number of hydrogen-bond acceptors (Lipinski definition) is 3. The zero-order valence-electron chi connectivity index (χ0n) is 11.5. The lowest BCUT2D eigenvalue weighted by molar-refractivity contribution is 0.600. The van der Waals surface area contributed by atoms with Gasteiger partial charge < -0.3 is 0 Å². The number of benzene rings is 1. The van der Waals surface area contributed by atoms with Crippen LogP contribution in [0.15, 0.2) is 29.3 Å². The summed E-state index contributed by atoms with van der Waals surface area (Å²) in [5.74, 6) is 0. The van der Waals surface area contributed by atoms with Crippen LogP contribution < -0.4 is 4.72 Å². The summed E-state index contributed by atoms with van der Waals surface area (Å²) in [5.41, 5.74) is 3.69. The molecule has 1 aliphatic carbocycles. The molecule has 2 aromatic rings. The van der Waals surface area contributed by atoms with E-state index in [9.17, 15) is 8.42 Å². The Bertz CT molecular complexity index is 763. The van der Waals surface area contributed by atoms with Crippen LogP contribution >= 0.6 is 0 Å². The minimum absolute atomic E-state index is 0.223. The maximum atomic E-state index is 12.4. The van der Waals surface area contributed by atoms with E-state index in [-0.39, 0.29) is 4.90 Å². The van der Waals surface area contributed by atoms with Crippen LogP contribution in [0.4, 0.5) is 5.69 Å². The molecular formula is C14H17N3O2S. The van der Waals surface area contributed by atoms with Crippen LogP contribution in [0.2, 0.25) is 0 Å². The normalized spacial score (nSPS) is 14.3. The molecule has 3 rings (SSSR count). The number of rotatable bonds is 3. The van der Waals surface area contributed by atoms with Crippen LogP contribution in [-0.4, -0.2) is 18.2 Å². The topological polar surface area (TPSA) is 64.0 Å². The maximum absolute atomic E-state index is 12.4. The van der Waals surface area contributed by atoms with Crippen molar-refractivity contribution in [2.75, 3.05) is 4.72 Å². The first-order valence-electron chi connectivity index (χ1n) is 6.60. The van der Waals surface area contributed by atoms with Gasteiger partial charge in [0.1, 0.15) is 4.90 Å². The van der Waals surface area contributed by atoms with E-state index in [1.807, 2.05) is 18.2 Å². The highest BCUT2D eigenvalue weighted by atomic mass is 32.2. The fourth-order valence-corrected chi connectivity index (χ4v) is 3.96. The Balaban J connectivity index is 1.92. The van der Waals surface area contributed by atoms with Crippen molar-refractivity contribution in [3.8, 4) is 0 Å². The number of aromatic nitrogens is 2. The van der Waals surface area contributed by atoms with Crippen molar-refractivity contribution < 1.29 is 8.42 Å². The van der Waals surface area contributed by atoms with Crippen molar-refractivity contribution in [3.63, 3.8) is 0 Å². The molecule has 1 N–H and O–H groups in total. The van der Waals surface area contributed by atoms with Crippen LogP contribution in [0.25, 0.3) is 0 Å². The molecule has 0 radical (unpaired) electrons. The number of anilines is 1. The SMILES string of the molecule is Cc1nn(C)cc1S(=O)(=O)Nc1ccc2c(c1)CCC2. The van der Waals surface area contributed by atoms with E-state index in [4.69, 9.17) is 0 Å². The van der Waals surface area contributed by atoms with Gasteiger partial charge in [-0.2, -0.15) is 5.10 Å². The molecule has 0 saturated carbocycles. The van der Waals surface area contributed by atoms with Crippen molar-refractivity contribution >= 4 is 15.7 Å². The number of hydrogen-bond donors (Lipinski definition) is 1. The van der Waals surface area contributed by atoms with Gasteiger partial charge in [0, 0.05) is 18.9 Å². The molecule has 0 amide bonds. The average Bonchev–Trinajstić information content (AvgIpc) is 2.94. The number of fused-ring (bicyclic) bond motifs is 1. The van der Waals surface area contributed by atoms with Gasteiger partial charge in [0.2, 0.25) is 0 Å². The summed E-state index contributed by atoms with van der Waals surface area (Å²) in [6.45, 7) is 1.69. The minimum atomic E-state index is -3.57. The Hall–Kier alpha value is -1.82. The van der Waals surface area contributed by atoms with E-state index in [0.717, 1.165) is 19.3 Å². The number of nitrogens with zero attached hydrogens (tertiary/aromatic N) is 2. The van der Waals surface area contributed by atoms with Gasteiger partial charge >= 0.3 is 0 Å². The molecule has 0 unspecified atom stereocenters. The van der Waals surface area contributed by atoms with Crippen molar-refractivity contribution in [1.29, 1.82) is 0 Å². The molecule has 0 atom stereocenters. The summed E-state index contributed by atoms with van der Waals surface area (Å²) >= 11 is 0. The molecule has 106 valence electrons. The van der Waals surface area contributed by atoms with Gasteiger partial charge in [0.15, 0.2) is 0 Å². The van der Waals surface area contributed by atoms with Gasteiger partial charge in [0.05, 0.1) is 5.69 Å². The van der Waals surface area contributed by atoms with Gasteiger partial charge in [-0.25, -0.2) is 8.42 Å². The first kappa shape index (κ1) is 13.2. The molecule has 6 heteroatoms. The van der Waals surface area contributed by atoms with Gasteiger partial charge in [-0.3, -0.25) is 9.40 Å². The third-order valence-corrected chi connectivity index (χ3v) is 5.09. The molecule has 1 aromatic carbocycles. The fraction of sp³-hybridized carbons (Fsp3) is 0.357. The molecule has 1 heterocycles. The molecule has 0 spiro atoms. The van der Waals surface area contributed by atoms with Crippen molar-refractivity contribution in [3.05, 3.63) is 41.2 Å². The van der Waals surface area contributed by atoms with E-state index in [0.29, 0.717) is 11.4 Å². The summed E-state index contributed by atoms with van der Waals surface area (Å²) in [7, 11) is -1.86. The molecule has 20 heavy (non-hydrogen) atoms. The standard InChI is InChI=1S/C14H17N3O2S/c1-10-14(9-17(2)15-10)20(18,19)16-13-7-6-11-4-3-5-12(11)8-13/h6-9,16H,3-5H2,1-2H3. The fourth-order valence-electron chi connectivity index (χ4n) is 2.69. The zero-order chi connectivity index (χ0) is 14.3. The minimum Gasteiger partial charge on any atom is -0.280 e.